The number of morpholine rings is 3. The van der Waals surface area contributed by atoms with Crippen LogP contribution >= 0.6 is 34.8 Å². The number of aryl methyl sites for hydroxylation is 2. The molecular formula is C82H93BCl3F6N13O7. The predicted molar refractivity (Wildman–Crippen MR) is 428 cm³/mol. The van der Waals surface area contributed by atoms with Crippen molar-refractivity contribution in [2.75, 3.05) is 163 Å². The minimum absolute atomic E-state index is 0.126. The number of carbonyl (C=O) groups excluding carboxylic acids is 2. The Balaban J connectivity index is 0.000000161. The van der Waals surface area contributed by atoms with E-state index < -0.39 is 53.9 Å². The number of rotatable bonds is 12. The third kappa shape index (κ3) is 25.5. The van der Waals surface area contributed by atoms with Crippen molar-refractivity contribution in [3.8, 4) is 47.2 Å². The number of benzene rings is 2. The quantitative estimate of drug-likeness (QED) is 0.0508. The molecule has 7 fully saturated rings. The van der Waals surface area contributed by atoms with E-state index in [2.05, 4.69) is 89.6 Å². The fourth-order valence-corrected chi connectivity index (χ4v) is 13.5. The average molecular weight is 1600 g/mol. The molecule has 0 radical (unpaired) electrons. The number of terminal acetylenes is 1. The molecule has 7 aliphatic heterocycles. The first-order valence-electron chi connectivity index (χ1n) is 37.4. The van der Waals surface area contributed by atoms with Crippen molar-refractivity contribution in [3.05, 3.63) is 170 Å². The smallest absolute Gasteiger partial charge is 0.399 e. The van der Waals surface area contributed by atoms with Crippen molar-refractivity contribution in [2.45, 2.75) is 104 Å². The summed E-state index contributed by atoms with van der Waals surface area (Å²) in [6, 6.07) is 25.7. The Labute approximate surface area is 667 Å². The van der Waals surface area contributed by atoms with E-state index >= 15 is 0 Å². The number of alkyl halides is 6. The van der Waals surface area contributed by atoms with Crippen LogP contribution in [0.2, 0.25) is 15.2 Å². The van der Waals surface area contributed by atoms with Crippen molar-refractivity contribution in [1.82, 2.24) is 39.6 Å². The lowest BCUT2D eigenvalue weighted by Crippen LogP contribution is -2.41. The molecule has 0 unspecified atom stereocenters. The van der Waals surface area contributed by atoms with Crippen LogP contribution in [0.3, 0.4) is 0 Å². The highest BCUT2D eigenvalue weighted by molar-refractivity contribution is 6.62. The van der Waals surface area contributed by atoms with Crippen molar-refractivity contribution in [1.29, 1.82) is 0 Å². The number of pyridine rings is 5. The second-order valence-electron chi connectivity index (χ2n) is 28.6. The SMILES string of the molecule is C#CCN1CCCC1.Cc1ccc(NC(=O)c2ccnc(C(F)(F)F)c2)cc1-c1cc(C#CCN2CCCC2)nc(N2CCOCC2)c1.Cc1ccc(NC(=O)c2ccnc(C(F)(F)F)c2)cc1B1OC(C)(C)C(C)(C)O1.Clc1cc(C#CCN2CCCC2)nc(N2CCOCC2)c1.Clc1cc(Cl)nc(N2CCOCC2)c1. The van der Waals surface area contributed by atoms with Gasteiger partial charge in [0.15, 0.2) is 0 Å². The van der Waals surface area contributed by atoms with Gasteiger partial charge < -0.3 is 48.9 Å². The Morgan fingerprint density at radius 3 is 1.34 bits per heavy atom. The second kappa shape index (κ2) is 40.4. The largest absolute Gasteiger partial charge is 0.495 e. The first-order valence-corrected chi connectivity index (χ1v) is 38.6. The molecule has 14 rings (SSSR count). The van der Waals surface area contributed by atoms with Crippen LogP contribution in [-0.4, -0.2) is 208 Å². The molecule has 0 saturated carbocycles. The van der Waals surface area contributed by atoms with Crippen LogP contribution in [-0.2, 0) is 35.9 Å². The van der Waals surface area contributed by atoms with Crippen LogP contribution in [0, 0.1) is 49.9 Å². The van der Waals surface area contributed by atoms with E-state index in [1.165, 1.54) is 63.7 Å². The zero-order valence-corrected chi connectivity index (χ0v) is 66.1. The van der Waals surface area contributed by atoms with Gasteiger partial charge in [-0.05, 0) is 238 Å². The van der Waals surface area contributed by atoms with Crippen LogP contribution in [0.1, 0.15) is 121 Å². The number of ether oxygens (including phenoxy) is 3. The maximum Gasteiger partial charge on any atom is 0.495 e. The van der Waals surface area contributed by atoms with Crippen molar-refractivity contribution in [3.63, 3.8) is 0 Å². The summed E-state index contributed by atoms with van der Waals surface area (Å²) in [7, 11) is -0.616. The lowest BCUT2D eigenvalue weighted by Gasteiger charge is -2.32. The number of carbonyl (C=O) groups is 2. The lowest BCUT2D eigenvalue weighted by molar-refractivity contribution is -0.142. The Morgan fingerprint density at radius 1 is 0.500 bits per heavy atom. The van der Waals surface area contributed by atoms with Crippen LogP contribution in [0.4, 0.5) is 55.2 Å². The highest BCUT2D eigenvalue weighted by Gasteiger charge is 2.52. The number of likely N-dealkylation sites (tertiary alicyclic amines) is 3. The third-order valence-electron chi connectivity index (χ3n) is 19.8. The van der Waals surface area contributed by atoms with Gasteiger partial charge in [-0.25, -0.2) is 15.0 Å². The number of hydrogen-bond acceptors (Lipinski definition) is 18. The number of halogens is 9. The summed E-state index contributed by atoms with van der Waals surface area (Å²) in [5.41, 5.74) is 3.13. The van der Waals surface area contributed by atoms with E-state index in [1.54, 1.807) is 30.3 Å². The van der Waals surface area contributed by atoms with Gasteiger partial charge in [-0.15, -0.1) is 6.42 Å². The minimum atomic E-state index is -4.64. The van der Waals surface area contributed by atoms with E-state index in [0.717, 1.165) is 180 Å². The average Bonchev–Trinajstić information content (AvgIpc) is 1.60. The van der Waals surface area contributed by atoms with Crippen LogP contribution < -0.4 is 30.8 Å². The number of anilines is 5. The summed E-state index contributed by atoms with van der Waals surface area (Å²) in [6.07, 6.45) is 5.45. The van der Waals surface area contributed by atoms with Gasteiger partial charge in [0.2, 0.25) is 0 Å². The van der Waals surface area contributed by atoms with Crippen molar-refractivity contribution in [2.24, 2.45) is 0 Å². The molecule has 112 heavy (non-hydrogen) atoms. The monoisotopic (exact) mass is 1600 g/mol. The Hall–Kier alpha value is -8.60. The van der Waals surface area contributed by atoms with Gasteiger partial charge in [0, 0.05) is 84.2 Å². The lowest BCUT2D eigenvalue weighted by atomic mass is 9.76. The molecule has 594 valence electrons. The predicted octanol–water partition coefficient (Wildman–Crippen LogP) is 13.9. The van der Waals surface area contributed by atoms with Gasteiger partial charge in [0.25, 0.3) is 11.8 Å². The van der Waals surface area contributed by atoms with Gasteiger partial charge in [-0.2, -0.15) is 26.3 Å². The van der Waals surface area contributed by atoms with Gasteiger partial charge in [0.05, 0.1) is 70.5 Å². The molecule has 5 aromatic heterocycles. The number of nitrogens with zero attached hydrogens (tertiary/aromatic N) is 11. The van der Waals surface area contributed by atoms with Gasteiger partial charge in [0.1, 0.15) is 45.4 Å². The summed E-state index contributed by atoms with van der Waals surface area (Å²) in [5, 5.41) is 7.08. The molecule has 0 bridgehead atoms. The van der Waals surface area contributed by atoms with Gasteiger partial charge >= 0.3 is 19.5 Å². The summed E-state index contributed by atoms with van der Waals surface area (Å²) in [6.45, 7) is 29.9. The fourth-order valence-electron chi connectivity index (χ4n) is 12.8. The summed E-state index contributed by atoms with van der Waals surface area (Å²) in [5.74, 6) is 16.7. The first-order chi connectivity index (χ1) is 53.6. The Kier molecular flexibility index (Phi) is 31.0. The summed E-state index contributed by atoms with van der Waals surface area (Å²) >= 11 is 17.9. The molecule has 20 nitrogen and oxygen atoms in total. The summed E-state index contributed by atoms with van der Waals surface area (Å²) in [4.78, 5) is 59.0. The molecule has 2 amide bonds. The topological polar surface area (TPSA) is 188 Å². The Morgan fingerprint density at radius 2 is 0.902 bits per heavy atom. The molecule has 0 atom stereocenters. The summed E-state index contributed by atoms with van der Waals surface area (Å²) < 4.78 is 106. The van der Waals surface area contributed by atoms with E-state index in [1.807, 2.05) is 84.0 Å². The standard InChI is InChI=1S/C30H30F3N5O2.C20H22BF3N2O3.C16H20ClN3O.C9H10Cl2N2O.C7H11N/c1-21-6-7-25(36-29(39)22-8-9-34-27(18-22)30(31,32)33)20-26(21)23-17-24(5-4-12-37-10-2-3-11-37)35-28(19-23)38-13-15-40-16-14-38;1-12-6-7-14(11-15(12)21-28-18(2,3)19(4,5)29-21)26-17(27)13-8-9-25-16(10-13)20(22,23)24;17-14-12-15(4-3-7-19-5-1-2-6-19)18-16(13-14)20-8-10-21-11-9-20;10-7-5-8(11)12-9(6-7)13-1-3-14-4-2-13;1-2-5-8-6-3-4-7-8/h6-9,17-20H,2-3,10-16H2,1H3,(H,36,39);6-11H,1-5H3,(H,26,27);12-13H,1-2,5-11H2;5-6H,1-4H2;1H,3-7H2. The third-order valence-corrected chi connectivity index (χ3v) is 20.4. The van der Waals surface area contributed by atoms with E-state index in [9.17, 15) is 35.9 Å². The highest BCUT2D eigenvalue weighted by atomic mass is 35.5. The molecule has 2 aromatic carbocycles. The second-order valence-corrected chi connectivity index (χ2v) is 29.9. The zero-order valence-electron chi connectivity index (χ0n) is 63.8. The van der Waals surface area contributed by atoms with Crippen molar-refractivity contribution >= 4 is 88.0 Å². The minimum Gasteiger partial charge on any atom is -0.399 e. The molecule has 30 heteroatoms. The number of aromatic nitrogens is 5. The normalized spacial score (nSPS) is 17.6. The fraction of sp³-hybridized carbons (Fsp3) is 0.451. The molecule has 0 aliphatic carbocycles. The molecule has 2 N–H and O–H groups in total. The van der Waals surface area contributed by atoms with Gasteiger partial charge in [-0.1, -0.05) is 70.3 Å². The number of hydrogen-bond donors (Lipinski definition) is 2. The van der Waals surface area contributed by atoms with Crippen LogP contribution in [0.5, 0.6) is 0 Å². The molecular weight excluding hydrogens is 1510 g/mol. The van der Waals surface area contributed by atoms with Gasteiger partial charge in [-0.3, -0.25) is 34.3 Å². The highest BCUT2D eigenvalue weighted by Crippen LogP contribution is 2.38. The van der Waals surface area contributed by atoms with Crippen molar-refractivity contribution < 1.29 is 59.5 Å². The number of amides is 2. The zero-order chi connectivity index (χ0) is 80.0. The molecule has 7 aliphatic rings. The molecule has 0 spiro atoms. The first kappa shape index (κ1) is 85.8. The van der Waals surface area contributed by atoms with Crippen LogP contribution in [0.25, 0.3) is 11.1 Å². The molecule has 7 aromatic rings. The van der Waals surface area contributed by atoms with E-state index in [0.29, 0.717) is 52.0 Å². The maximum absolute atomic E-state index is 13.1. The molecule has 12 heterocycles. The maximum atomic E-state index is 13.1. The Bertz CT molecular complexity index is 4480. The number of nitrogens with one attached hydrogen (secondary N) is 2. The van der Waals surface area contributed by atoms with E-state index in [4.69, 9.17) is 69.7 Å². The van der Waals surface area contributed by atoms with E-state index in [-0.39, 0.29) is 11.1 Å². The molecule has 7 saturated heterocycles. The van der Waals surface area contributed by atoms with Crippen LogP contribution in [0.15, 0.2) is 109 Å².